The van der Waals surface area contributed by atoms with Crippen molar-refractivity contribution in [3.63, 3.8) is 0 Å². The predicted molar refractivity (Wildman–Crippen MR) is 83.1 cm³/mol. The van der Waals surface area contributed by atoms with Crippen molar-refractivity contribution in [2.75, 3.05) is 7.05 Å². The molecular weight excluding hydrogens is 281 g/mol. The largest absolute Gasteiger partial charge is 0.451 e. The lowest BCUT2D eigenvalue weighted by Crippen LogP contribution is -2.38. The number of halogens is 1. The molecule has 1 amide bonds. The summed E-state index contributed by atoms with van der Waals surface area (Å²) in [6, 6.07) is 9.97. The summed E-state index contributed by atoms with van der Waals surface area (Å²) >= 11 is 0. The van der Waals surface area contributed by atoms with Gasteiger partial charge in [0.25, 0.3) is 5.91 Å². The monoisotopic (exact) mass is 301 g/mol. The maximum atomic E-state index is 13.8. The molecule has 1 saturated carbocycles. The Kier molecular flexibility index (Phi) is 4.27. The average Bonchev–Trinajstić information content (AvgIpc) is 3.04. The molecule has 0 atom stereocenters. The highest BCUT2D eigenvalue weighted by molar-refractivity contribution is 5.92. The SMILES string of the molecule is CN(C(=O)c1ccc(-c2ccccc2F)o1)C1CCCCC1. The fourth-order valence-corrected chi connectivity index (χ4v) is 3.07. The van der Waals surface area contributed by atoms with Gasteiger partial charge in [-0.15, -0.1) is 0 Å². The summed E-state index contributed by atoms with van der Waals surface area (Å²) < 4.78 is 19.4. The Morgan fingerprint density at radius 1 is 1.14 bits per heavy atom. The van der Waals surface area contributed by atoms with Gasteiger partial charge in [-0.2, -0.15) is 0 Å². The van der Waals surface area contributed by atoms with Crippen LogP contribution < -0.4 is 0 Å². The molecular formula is C18H20FNO2. The number of carbonyl (C=O) groups is 1. The summed E-state index contributed by atoms with van der Waals surface area (Å²) in [5.74, 6) is 0.177. The third-order valence-corrected chi connectivity index (χ3v) is 4.40. The van der Waals surface area contributed by atoms with Gasteiger partial charge in [0.05, 0.1) is 5.56 Å². The fourth-order valence-electron chi connectivity index (χ4n) is 3.07. The van der Waals surface area contributed by atoms with Crippen molar-refractivity contribution in [2.24, 2.45) is 0 Å². The van der Waals surface area contributed by atoms with Crippen molar-refractivity contribution in [1.29, 1.82) is 0 Å². The van der Waals surface area contributed by atoms with Gasteiger partial charge in [-0.25, -0.2) is 4.39 Å². The summed E-state index contributed by atoms with van der Waals surface area (Å²) in [7, 11) is 1.82. The van der Waals surface area contributed by atoms with Crippen LogP contribution in [0.25, 0.3) is 11.3 Å². The maximum absolute atomic E-state index is 13.8. The average molecular weight is 301 g/mol. The Balaban J connectivity index is 1.78. The first-order chi connectivity index (χ1) is 10.7. The second-order valence-corrected chi connectivity index (χ2v) is 5.85. The molecule has 0 unspecified atom stereocenters. The number of hydrogen-bond donors (Lipinski definition) is 0. The predicted octanol–water partition coefficient (Wildman–Crippen LogP) is 4.49. The molecule has 0 saturated heterocycles. The molecule has 0 spiro atoms. The van der Waals surface area contributed by atoms with Gasteiger partial charge in [-0.3, -0.25) is 4.79 Å². The Morgan fingerprint density at radius 2 is 1.86 bits per heavy atom. The molecule has 22 heavy (non-hydrogen) atoms. The van der Waals surface area contributed by atoms with Crippen LogP contribution in [0.5, 0.6) is 0 Å². The Bertz CT molecular complexity index is 659. The molecule has 1 heterocycles. The van der Waals surface area contributed by atoms with E-state index in [2.05, 4.69) is 0 Å². The smallest absolute Gasteiger partial charge is 0.289 e. The zero-order valence-corrected chi connectivity index (χ0v) is 12.7. The lowest BCUT2D eigenvalue weighted by Gasteiger charge is -2.30. The normalized spacial score (nSPS) is 15.7. The molecule has 0 aliphatic heterocycles. The highest BCUT2D eigenvalue weighted by Crippen LogP contribution is 2.27. The number of nitrogens with zero attached hydrogens (tertiary/aromatic N) is 1. The number of amides is 1. The van der Waals surface area contributed by atoms with Gasteiger partial charge < -0.3 is 9.32 Å². The van der Waals surface area contributed by atoms with E-state index in [-0.39, 0.29) is 23.5 Å². The first kappa shape index (κ1) is 14.8. The van der Waals surface area contributed by atoms with Crippen LogP contribution in [0.2, 0.25) is 0 Å². The summed E-state index contributed by atoms with van der Waals surface area (Å²) in [4.78, 5) is 14.3. The lowest BCUT2D eigenvalue weighted by molar-refractivity contribution is 0.0665. The van der Waals surface area contributed by atoms with E-state index in [9.17, 15) is 9.18 Å². The lowest BCUT2D eigenvalue weighted by atomic mass is 9.94. The first-order valence-corrected chi connectivity index (χ1v) is 7.78. The molecule has 2 aromatic rings. The third-order valence-electron chi connectivity index (χ3n) is 4.40. The standard InChI is InChI=1S/C18H20FNO2/c1-20(13-7-3-2-4-8-13)18(21)17-12-11-16(22-17)14-9-5-6-10-15(14)19/h5-6,9-13H,2-4,7-8H2,1H3. The van der Waals surface area contributed by atoms with Gasteiger partial charge in [0, 0.05) is 13.1 Å². The van der Waals surface area contributed by atoms with Crippen molar-refractivity contribution in [3.8, 4) is 11.3 Å². The Morgan fingerprint density at radius 3 is 2.59 bits per heavy atom. The zero-order valence-electron chi connectivity index (χ0n) is 12.7. The molecule has 0 N–H and O–H groups in total. The van der Waals surface area contributed by atoms with Gasteiger partial charge in [0.15, 0.2) is 5.76 Å². The van der Waals surface area contributed by atoms with E-state index < -0.39 is 0 Å². The topological polar surface area (TPSA) is 33.5 Å². The van der Waals surface area contributed by atoms with Crippen molar-refractivity contribution >= 4 is 5.91 Å². The molecule has 3 nitrogen and oxygen atoms in total. The van der Waals surface area contributed by atoms with Gasteiger partial charge >= 0.3 is 0 Å². The van der Waals surface area contributed by atoms with E-state index in [1.54, 1.807) is 35.2 Å². The molecule has 0 bridgehead atoms. The van der Waals surface area contributed by atoms with Crippen molar-refractivity contribution < 1.29 is 13.6 Å². The quantitative estimate of drug-likeness (QED) is 0.837. The maximum Gasteiger partial charge on any atom is 0.289 e. The van der Waals surface area contributed by atoms with Crippen LogP contribution in [0.15, 0.2) is 40.8 Å². The molecule has 1 aliphatic carbocycles. The van der Waals surface area contributed by atoms with E-state index >= 15 is 0 Å². The minimum absolute atomic E-state index is 0.130. The molecule has 116 valence electrons. The summed E-state index contributed by atoms with van der Waals surface area (Å²) in [6.07, 6.45) is 5.67. The number of carbonyl (C=O) groups excluding carboxylic acids is 1. The van der Waals surface area contributed by atoms with Gasteiger partial charge in [-0.05, 0) is 37.1 Å². The molecule has 1 aromatic carbocycles. The minimum atomic E-state index is -0.350. The highest BCUT2D eigenvalue weighted by atomic mass is 19.1. The van der Waals surface area contributed by atoms with Gasteiger partial charge in [0.1, 0.15) is 11.6 Å². The summed E-state index contributed by atoms with van der Waals surface area (Å²) in [5.41, 5.74) is 0.377. The third kappa shape index (κ3) is 2.91. The van der Waals surface area contributed by atoms with E-state index in [0.29, 0.717) is 11.3 Å². The van der Waals surface area contributed by atoms with E-state index in [1.165, 1.54) is 25.3 Å². The van der Waals surface area contributed by atoms with Crippen molar-refractivity contribution in [3.05, 3.63) is 48.0 Å². The number of furan rings is 1. The molecule has 1 aliphatic rings. The molecule has 1 fully saturated rings. The zero-order chi connectivity index (χ0) is 15.5. The van der Waals surface area contributed by atoms with Crippen LogP contribution in [0.3, 0.4) is 0 Å². The van der Waals surface area contributed by atoms with Gasteiger partial charge in [0.2, 0.25) is 0 Å². The Hall–Kier alpha value is -2.10. The van der Waals surface area contributed by atoms with Crippen molar-refractivity contribution in [2.45, 2.75) is 38.1 Å². The van der Waals surface area contributed by atoms with E-state index in [0.717, 1.165) is 12.8 Å². The van der Waals surface area contributed by atoms with E-state index in [4.69, 9.17) is 4.42 Å². The molecule has 1 aromatic heterocycles. The minimum Gasteiger partial charge on any atom is -0.451 e. The number of hydrogen-bond acceptors (Lipinski definition) is 2. The first-order valence-electron chi connectivity index (χ1n) is 7.78. The second-order valence-electron chi connectivity index (χ2n) is 5.85. The summed E-state index contributed by atoms with van der Waals surface area (Å²) in [5, 5.41) is 0. The molecule has 3 rings (SSSR count). The van der Waals surface area contributed by atoms with Gasteiger partial charge in [-0.1, -0.05) is 31.4 Å². The number of benzene rings is 1. The second kappa shape index (κ2) is 6.34. The summed E-state index contributed by atoms with van der Waals surface area (Å²) in [6.45, 7) is 0. The van der Waals surface area contributed by atoms with Crippen LogP contribution >= 0.6 is 0 Å². The molecule has 4 heteroatoms. The van der Waals surface area contributed by atoms with E-state index in [1.807, 2.05) is 7.05 Å². The highest BCUT2D eigenvalue weighted by Gasteiger charge is 2.25. The van der Waals surface area contributed by atoms with Crippen molar-refractivity contribution in [1.82, 2.24) is 4.90 Å². The molecule has 0 radical (unpaired) electrons. The van der Waals surface area contributed by atoms with Crippen LogP contribution in [0.1, 0.15) is 42.7 Å². The van der Waals surface area contributed by atoms with Crippen LogP contribution in [-0.4, -0.2) is 23.9 Å². The van der Waals surface area contributed by atoms with Crippen LogP contribution in [0.4, 0.5) is 4.39 Å². The van der Waals surface area contributed by atoms with Crippen LogP contribution in [0, 0.1) is 5.82 Å². The number of rotatable bonds is 3. The van der Waals surface area contributed by atoms with Crippen LogP contribution in [-0.2, 0) is 0 Å². The Labute approximate surface area is 129 Å². The fraction of sp³-hybridized carbons (Fsp3) is 0.389.